The molecular weight excluding hydrogens is 190 g/mol. The number of benzene rings is 1. The molecule has 0 aliphatic carbocycles. The summed E-state index contributed by atoms with van der Waals surface area (Å²) in [5.74, 6) is 0.331. The van der Waals surface area contributed by atoms with Gasteiger partial charge in [-0.2, -0.15) is 0 Å². The third-order valence-corrected chi connectivity index (χ3v) is 1.99. The Hall–Kier alpha value is -1.55. The van der Waals surface area contributed by atoms with Crippen LogP contribution >= 0.6 is 0 Å². The van der Waals surface area contributed by atoms with E-state index in [1.807, 2.05) is 18.2 Å². The van der Waals surface area contributed by atoms with Crippen LogP contribution in [0.15, 0.2) is 29.3 Å². The molecule has 0 aromatic heterocycles. The summed E-state index contributed by atoms with van der Waals surface area (Å²) in [6, 6.07) is 7.99. The zero-order chi connectivity index (χ0) is 11.1. The molecule has 0 heterocycles. The Morgan fingerprint density at radius 1 is 1.53 bits per heavy atom. The highest BCUT2D eigenvalue weighted by Gasteiger charge is 1.95. The van der Waals surface area contributed by atoms with Gasteiger partial charge in [-0.25, -0.2) is 0 Å². The fraction of sp³-hybridized carbons (Fsp3) is 0.364. The molecule has 0 saturated carbocycles. The number of anilines is 1. The van der Waals surface area contributed by atoms with E-state index < -0.39 is 0 Å². The maximum Gasteiger partial charge on any atom is 0.193 e. The van der Waals surface area contributed by atoms with Gasteiger partial charge >= 0.3 is 0 Å². The summed E-state index contributed by atoms with van der Waals surface area (Å²) < 4.78 is 0. The monoisotopic (exact) mass is 207 g/mol. The maximum atomic E-state index is 8.57. The molecule has 0 saturated heterocycles. The molecule has 1 aromatic rings. The van der Waals surface area contributed by atoms with Crippen molar-refractivity contribution in [2.24, 2.45) is 10.7 Å². The van der Waals surface area contributed by atoms with Crippen molar-refractivity contribution in [1.82, 2.24) is 0 Å². The molecule has 0 fully saturated rings. The number of aliphatic hydroxyl groups is 1. The molecule has 0 radical (unpaired) electrons. The van der Waals surface area contributed by atoms with Gasteiger partial charge in [0, 0.05) is 5.69 Å². The quantitative estimate of drug-likeness (QED) is 0.509. The van der Waals surface area contributed by atoms with Gasteiger partial charge in [-0.3, -0.25) is 4.99 Å². The van der Waals surface area contributed by atoms with Crippen molar-refractivity contribution < 1.29 is 5.11 Å². The van der Waals surface area contributed by atoms with E-state index in [9.17, 15) is 0 Å². The van der Waals surface area contributed by atoms with E-state index in [-0.39, 0.29) is 6.61 Å². The lowest BCUT2D eigenvalue weighted by molar-refractivity contribution is 0.307. The SMILES string of the molecule is CCc1cccc(NC(N)=NCCO)c1. The van der Waals surface area contributed by atoms with Crippen molar-refractivity contribution in [1.29, 1.82) is 0 Å². The summed E-state index contributed by atoms with van der Waals surface area (Å²) in [5, 5.41) is 11.5. The zero-order valence-electron chi connectivity index (χ0n) is 8.90. The number of guanidine groups is 1. The van der Waals surface area contributed by atoms with Crippen LogP contribution in [0.1, 0.15) is 12.5 Å². The van der Waals surface area contributed by atoms with Crippen molar-refractivity contribution >= 4 is 11.6 Å². The minimum atomic E-state index is 0.0113. The second-order valence-corrected chi connectivity index (χ2v) is 3.17. The first-order chi connectivity index (χ1) is 7.26. The van der Waals surface area contributed by atoms with Crippen molar-refractivity contribution in [3.05, 3.63) is 29.8 Å². The molecule has 0 aliphatic heterocycles. The third-order valence-electron chi connectivity index (χ3n) is 1.99. The first-order valence-corrected chi connectivity index (χ1v) is 5.03. The van der Waals surface area contributed by atoms with Gasteiger partial charge < -0.3 is 16.2 Å². The highest BCUT2D eigenvalue weighted by Crippen LogP contribution is 2.10. The highest BCUT2D eigenvalue weighted by atomic mass is 16.3. The van der Waals surface area contributed by atoms with Gasteiger partial charge in [0.2, 0.25) is 0 Å². The maximum absolute atomic E-state index is 8.57. The van der Waals surface area contributed by atoms with E-state index in [1.54, 1.807) is 0 Å². The molecule has 1 rings (SSSR count). The molecule has 0 aliphatic rings. The van der Waals surface area contributed by atoms with E-state index in [4.69, 9.17) is 10.8 Å². The molecule has 0 amide bonds. The van der Waals surface area contributed by atoms with Crippen molar-refractivity contribution in [2.75, 3.05) is 18.5 Å². The van der Waals surface area contributed by atoms with Crippen molar-refractivity contribution in [3.63, 3.8) is 0 Å². The number of nitrogens with two attached hydrogens (primary N) is 1. The van der Waals surface area contributed by atoms with Gasteiger partial charge in [0.15, 0.2) is 5.96 Å². The summed E-state index contributed by atoms with van der Waals surface area (Å²) in [6.45, 7) is 2.44. The van der Waals surface area contributed by atoms with E-state index in [2.05, 4.69) is 23.3 Å². The molecule has 15 heavy (non-hydrogen) atoms. The number of aliphatic imine (C=N–C) groups is 1. The Balaban J connectivity index is 2.63. The molecule has 0 spiro atoms. The predicted octanol–water partition coefficient (Wildman–Crippen LogP) is 0.968. The number of hydrogen-bond donors (Lipinski definition) is 3. The minimum absolute atomic E-state index is 0.0113. The third kappa shape index (κ3) is 3.99. The second kappa shape index (κ2) is 6.03. The van der Waals surface area contributed by atoms with Crippen LogP contribution in [-0.4, -0.2) is 24.2 Å². The smallest absolute Gasteiger partial charge is 0.193 e. The van der Waals surface area contributed by atoms with Gasteiger partial charge in [-0.05, 0) is 24.1 Å². The summed E-state index contributed by atoms with van der Waals surface area (Å²) >= 11 is 0. The van der Waals surface area contributed by atoms with Gasteiger partial charge in [-0.15, -0.1) is 0 Å². The Kier molecular flexibility index (Phi) is 4.63. The Morgan fingerprint density at radius 3 is 3.00 bits per heavy atom. The first kappa shape index (κ1) is 11.5. The van der Waals surface area contributed by atoms with Gasteiger partial charge in [-0.1, -0.05) is 19.1 Å². The van der Waals surface area contributed by atoms with Crippen LogP contribution in [-0.2, 0) is 6.42 Å². The molecule has 82 valence electrons. The average molecular weight is 207 g/mol. The predicted molar refractivity (Wildman–Crippen MR) is 63.0 cm³/mol. The number of nitrogens with zero attached hydrogens (tertiary/aromatic N) is 1. The topological polar surface area (TPSA) is 70.6 Å². The largest absolute Gasteiger partial charge is 0.394 e. The summed E-state index contributed by atoms with van der Waals surface area (Å²) in [6.07, 6.45) is 0.989. The van der Waals surface area contributed by atoms with Crippen LogP contribution < -0.4 is 11.1 Å². The molecule has 0 bridgehead atoms. The molecular formula is C11H17N3O. The van der Waals surface area contributed by atoms with Crippen LogP contribution in [0.3, 0.4) is 0 Å². The van der Waals surface area contributed by atoms with Crippen LogP contribution in [0.5, 0.6) is 0 Å². The van der Waals surface area contributed by atoms with Gasteiger partial charge in [0.1, 0.15) is 0 Å². The lowest BCUT2D eigenvalue weighted by atomic mass is 10.1. The Bertz CT molecular complexity index is 336. The van der Waals surface area contributed by atoms with E-state index in [0.717, 1.165) is 12.1 Å². The van der Waals surface area contributed by atoms with Crippen LogP contribution in [0, 0.1) is 0 Å². The molecule has 1 aromatic carbocycles. The number of rotatable bonds is 4. The fourth-order valence-electron chi connectivity index (χ4n) is 1.23. The van der Waals surface area contributed by atoms with Gasteiger partial charge in [0.05, 0.1) is 13.2 Å². The molecule has 4 heteroatoms. The first-order valence-electron chi connectivity index (χ1n) is 5.03. The normalized spacial score (nSPS) is 11.5. The lowest BCUT2D eigenvalue weighted by Gasteiger charge is -2.06. The number of nitrogens with one attached hydrogen (secondary N) is 1. The summed E-state index contributed by atoms with van der Waals surface area (Å²) in [7, 11) is 0. The second-order valence-electron chi connectivity index (χ2n) is 3.17. The van der Waals surface area contributed by atoms with E-state index >= 15 is 0 Å². The minimum Gasteiger partial charge on any atom is -0.394 e. The van der Waals surface area contributed by atoms with Gasteiger partial charge in [0.25, 0.3) is 0 Å². The lowest BCUT2D eigenvalue weighted by Crippen LogP contribution is -2.23. The van der Waals surface area contributed by atoms with Crippen LogP contribution in [0.4, 0.5) is 5.69 Å². The van der Waals surface area contributed by atoms with Crippen LogP contribution in [0.2, 0.25) is 0 Å². The van der Waals surface area contributed by atoms with Crippen LogP contribution in [0.25, 0.3) is 0 Å². The molecule has 0 unspecified atom stereocenters. The van der Waals surface area contributed by atoms with Crippen molar-refractivity contribution in [3.8, 4) is 0 Å². The zero-order valence-corrected chi connectivity index (χ0v) is 8.90. The van der Waals surface area contributed by atoms with Crippen molar-refractivity contribution in [2.45, 2.75) is 13.3 Å². The Labute approximate surface area is 89.8 Å². The highest BCUT2D eigenvalue weighted by molar-refractivity contribution is 5.92. The molecule has 4 nitrogen and oxygen atoms in total. The Morgan fingerprint density at radius 2 is 2.33 bits per heavy atom. The summed E-state index contributed by atoms with van der Waals surface area (Å²) in [4.78, 5) is 3.93. The molecule has 0 atom stereocenters. The number of hydrogen-bond acceptors (Lipinski definition) is 2. The fourth-order valence-corrected chi connectivity index (χ4v) is 1.23. The number of aliphatic hydroxyl groups excluding tert-OH is 1. The standard InChI is InChI=1S/C11H17N3O/c1-2-9-4-3-5-10(8-9)14-11(12)13-6-7-15/h3-5,8,15H,2,6-7H2,1H3,(H3,12,13,14). The average Bonchev–Trinajstić information content (AvgIpc) is 2.26. The van der Waals surface area contributed by atoms with E-state index in [1.165, 1.54) is 5.56 Å². The van der Waals surface area contributed by atoms with E-state index in [0.29, 0.717) is 12.5 Å². The molecule has 4 N–H and O–H groups in total. The number of aryl methyl sites for hydroxylation is 1. The summed E-state index contributed by atoms with van der Waals surface area (Å²) in [5.41, 5.74) is 7.78.